The van der Waals surface area contributed by atoms with Crippen LogP contribution >= 0.6 is 0 Å². The van der Waals surface area contributed by atoms with Crippen LogP contribution in [-0.2, 0) is 4.74 Å². The monoisotopic (exact) mass is 366 g/mol. The number of nitrogens with one attached hydrogen (secondary N) is 1. The molecule has 1 saturated carbocycles. The average molecular weight is 367 g/mol. The van der Waals surface area contributed by atoms with E-state index in [1.165, 1.54) is 83.8 Å². The molecule has 2 fully saturated rings. The largest absolute Gasteiger partial charge is 0.378 e. The maximum Gasteiger partial charge on any atom is 0.0605 e. The van der Waals surface area contributed by atoms with Crippen molar-refractivity contribution < 1.29 is 4.74 Å². The van der Waals surface area contributed by atoms with Crippen LogP contribution in [0.2, 0.25) is 0 Å². The lowest BCUT2D eigenvalue weighted by atomic mass is 9.88. The number of rotatable bonds is 13. The third-order valence-electron chi connectivity index (χ3n) is 6.48. The van der Waals surface area contributed by atoms with Gasteiger partial charge in [0.25, 0.3) is 0 Å². The van der Waals surface area contributed by atoms with Crippen molar-refractivity contribution in [2.45, 2.75) is 110 Å². The van der Waals surface area contributed by atoms with Crippen LogP contribution in [0.5, 0.6) is 0 Å². The molecule has 2 unspecified atom stereocenters. The van der Waals surface area contributed by atoms with Crippen molar-refractivity contribution in [1.82, 2.24) is 10.2 Å². The van der Waals surface area contributed by atoms with Gasteiger partial charge in [-0.1, -0.05) is 46.5 Å². The van der Waals surface area contributed by atoms with Crippen molar-refractivity contribution in [2.24, 2.45) is 11.8 Å². The molecule has 3 heteroatoms. The van der Waals surface area contributed by atoms with E-state index in [4.69, 9.17) is 4.74 Å². The van der Waals surface area contributed by atoms with Crippen LogP contribution in [0.25, 0.3) is 0 Å². The first-order valence-corrected chi connectivity index (χ1v) is 11.7. The van der Waals surface area contributed by atoms with Gasteiger partial charge in [-0.2, -0.15) is 0 Å². The first kappa shape index (κ1) is 22.2. The van der Waals surface area contributed by atoms with Crippen LogP contribution in [0.15, 0.2) is 0 Å². The van der Waals surface area contributed by atoms with E-state index in [1.54, 1.807) is 0 Å². The minimum atomic E-state index is 0.526. The third kappa shape index (κ3) is 8.27. The molecule has 0 aromatic rings. The number of hydrogen-bond acceptors (Lipinski definition) is 3. The molecule has 1 N–H and O–H groups in total. The summed E-state index contributed by atoms with van der Waals surface area (Å²) in [5, 5.41) is 3.79. The van der Waals surface area contributed by atoms with Crippen molar-refractivity contribution in [3.8, 4) is 0 Å². The molecular formula is C23H46N2O. The Morgan fingerprint density at radius 2 is 1.73 bits per heavy atom. The van der Waals surface area contributed by atoms with E-state index in [2.05, 4.69) is 37.9 Å². The maximum absolute atomic E-state index is 6.22. The summed E-state index contributed by atoms with van der Waals surface area (Å²) in [6.45, 7) is 14.2. The summed E-state index contributed by atoms with van der Waals surface area (Å²) in [5.41, 5.74) is 0. The SMILES string of the molecule is CCCCCC(C)NC1CC(OCC2CCN(CC(C)CCC)CC2)C1. The second-order valence-electron chi connectivity index (χ2n) is 9.32. The minimum Gasteiger partial charge on any atom is -0.378 e. The standard InChI is InChI=1S/C23H46N2O/c1-5-7-8-10-20(4)24-22-15-23(16-22)26-18-21-11-13-25(14-12-21)17-19(3)9-6-2/h19-24H,5-18H2,1-4H3. The second kappa shape index (κ2) is 12.4. The predicted molar refractivity (Wildman–Crippen MR) is 113 cm³/mol. The van der Waals surface area contributed by atoms with Crippen molar-refractivity contribution in [2.75, 3.05) is 26.2 Å². The lowest BCUT2D eigenvalue weighted by Gasteiger charge is -2.39. The van der Waals surface area contributed by atoms with Gasteiger partial charge < -0.3 is 15.0 Å². The molecule has 2 aliphatic rings. The van der Waals surface area contributed by atoms with Gasteiger partial charge in [-0.05, 0) is 70.4 Å². The molecule has 0 bridgehead atoms. The zero-order chi connectivity index (χ0) is 18.8. The summed E-state index contributed by atoms with van der Waals surface area (Å²) in [6.07, 6.45) is 13.7. The number of likely N-dealkylation sites (tertiary alicyclic amines) is 1. The molecule has 0 aromatic heterocycles. The van der Waals surface area contributed by atoms with Gasteiger partial charge in [0.05, 0.1) is 6.10 Å². The second-order valence-corrected chi connectivity index (χ2v) is 9.32. The van der Waals surface area contributed by atoms with Gasteiger partial charge in [0.1, 0.15) is 0 Å². The predicted octanol–water partition coefficient (Wildman–Crippen LogP) is 5.24. The van der Waals surface area contributed by atoms with Gasteiger partial charge in [-0.25, -0.2) is 0 Å². The highest BCUT2D eigenvalue weighted by atomic mass is 16.5. The molecule has 2 rings (SSSR count). The maximum atomic E-state index is 6.22. The van der Waals surface area contributed by atoms with E-state index in [0.29, 0.717) is 18.2 Å². The lowest BCUT2D eigenvalue weighted by Crippen LogP contribution is -2.49. The Bertz CT molecular complexity index is 348. The van der Waals surface area contributed by atoms with Crippen LogP contribution in [0.4, 0.5) is 0 Å². The average Bonchev–Trinajstić information content (AvgIpc) is 2.58. The Morgan fingerprint density at radius 3 is 2.38 bits per heavy atom. The molecule has 3 nitrogen and oxygen atoms in total. The summed E-state index contributed by atoms with van der Waals surface area (Å²) in [5.74, 6) is 1.66. The minimum absolute atomic E-state index is 0.526. The third-order valence-corrected chi connectivity index (χ3v) is 6.48. The highest BCUT2D eigenvalue weighted by Gasteiger charge is 2.31. The molecule has 26 heavy (non-hydrogen) atoms. The quantitative estimate of drug-likeness (QED) is 0.451. The summed E-state index contributed by atoms with van der Waals surface area (Å²) < 4.78 is 6.22. The van der Waals surface area contributed by atoms with Crippen molar-refractivity contribution in [3.63, 3.8) is 0 Å². The molecule has 0 spiro atoms. The zero-order valence-corrected chi connectivity index (χ0v) is 18.1. The molecule has 1 heterocycles. The number of piperidine rings is 1. The normalized spacial score (nSPS) is 27.2. The van der Waals surface area contributed by atoms with Crippen molar-refractivity contribution in [3.05, 3.63) is 0 Å². The molecular weight excluding hydrogens is 320 g/mol. The summed E-state index contributed by atoms with van der Waals surface area (Å²) in [6, 6.07) is 1.38. The van der Waals surface area contributed by atoms with Crippen molar-refractivity contribution in [1.29, 1.82) is 0 Å². The lowest BCUT2D eigenvalue weighted by molar-refractivity contribution is -0.0424. The number of nitrogens with zero attached hydrogens (tertiary/aromatic N) is 1. The molecule has 1 saturated heterocycles. The topological polar surface area (TPSA) is 24.5 Å². The molecule has 154 valence electrons. The Morgan fingerprint density at radius 1 is 1.00 bits per heavy atom. The Hall–Kier alpha value is -0.120. The van der Waals surface area contributed by atoms with E-state index < -0.39 is 0 Å². The molecule has 2 atom stereocenters. The smallest absolute Gasteiger partial charge is 0.0605 e. The zero-order valence-electron chi connectivity index (χ0n) is 18.1. The van der Waals surface area contributed by atoms with E-state index in [1.807, 2.05) is 0 Å². The number of ether oxygens (including phenoxy) is 1. The van der Waals surface area contributed by atoms with E-state index in [0.717, 1.165) is 18.4 Å². The molecule has 0 radical (unpaired) electrons. The Kier molecular flexibility index (Phi) is 10.5. The van der Waals surface area contributed by atoms with Gasteiger partial charge in [-0.15, -0.1) is 0 Å². The molecule has 1 aliphatic heterocycles. The number of unbranched alkanes of at least 4 members (excludes halogenated alkanes) is 2. The van der Waals surface area contributed by atoms with Crippen LogP contribution in [0.1, 0.15) is 91.9 Å². The van der Waals surface area contributed by atoms with Crippen LogP contribution in [0, 0.1) is 11.8 Å². The molecule has 0 aromatic carbocycles. The highest BCUT2D eigenvalue weighted by molar-refractivity contribution is 4.88. The fourth-order valence-electron chi connectivity index (χ4n) is 4.66. The first-order valence-electron chi connectivity index (χ1n) is 11.7. The van der Waals surface area contributed by atoms with Crippen LogP contribution in [-0.4, -0.2) is 49.3 Å². The van der Waals surface area contributed by atoms with E-state index >= 15 is 0 Å². The van der Waals surface area contributed by atoms with Gasteiger partial charge in [-0.3, -0.25) is 0 Å². The molecule has 0 amide bonds. The summed E-state index contributed by atoms with van der Waals surface area (Å²) in [7, 11) is 0. The van der Waals surface area contributed by atoms with E-state index in [-0.39, 0.29) is 0 Å². The Balaban J connectivity index is 1.48. The first-order chi connectivity index (χ1) is 12.6. The summed E-state index contributed by atoms with van der Waals surface area (Å²) in [4.78, 5) is 2.68. The van der Waals surface area contributed by atoms with Gasteiger partial charge in [0.2, 0.25) is 0 Å². The number of hydrogen-bond donors (Lipinski definition) is 1. The van der Waals surface area contributed by atoms with Crippen molar-refractivity contribution >= 4 is 0 Å². The van der Waals surface area contributed by atoms with Gasteiger partial charge in [0.15, 0.2) is 0 Å². The fourth-order valence-corrected chi connectivity index (χ4v) is 4.66. The summed E-state index contributed by atoms with van der Waals surface area (Å²) >= 11 is 0. The van der Waals surface area contributed by atoms with Crippen LogP contribution < -0.4 is 5.32 Å². The fraction of sp³-hybridized carbons (Fsp3) is 1.00. The highest BCUT2D eigenvalue weighted by Crippen LogP contribution is 2.27. The van der Waals surface area contributed by atoms with Crippen LogP contribution in [0.3, 0.4) is 0 Å². The Labute approximate surface area is 163 Å². The molecule has 1 aliphatic carbocycles. The van der Waals surface area contributed by atoms with E-state index in [9.17, 15) is 0 Å². The van der Waals surface area contributed by atoms with Gasteiger partial charge >= 0.3 is 0 Å². The van der Waals surface area contributed by atoms with Gasteiger partial charge in [0, 0.05) is 25.2 Å².